The van der Waals surface area contributed by atoms with Gasteiger partial charge in [0.1, 0.15) is 11.9 Å². The molecule has 6 nitrogen and oxygen atoms in total. The first kappa shape index (κ1) is 25.3. The van der Waals surface area contributed by atoms with Crippen LogP contribution in [0.5, 0.6) is 0 Å². The van der Waals surface area contributed by atoms with Crippen LogP contribution in [0.3, 0.4) is 0 Å². The third-order valence-corrected chi connectivity index (χ3v) is 8.28. The lowest BCUT2D eigenvalue weighted by molar-refractivity contribution is -0.126. The number of piperidine rings is 1. The summed E-state index contributed by atoms with van der Waals surface area (Å²) in [6.45, 7) is 4.44. The Hall–Kier alpha value is -2.39. The van der Waals surface area contributed by atoms with E-state index in [2.05, 4.69) is 17.2 Å². The van der Waals surface area contributed by atoms with E-state index < -0.39 is 24.2 Å². The van der Waals surface area contributed by atoms with Crippen LogP contribution in [0.25, 0.3) is 0 Å². The average Bonchev–Trinajstić information content (AvgIpc) is 3.19. The van der Waals surface area contributed by atoms with Crippen molar-refractivity contribution < 1.29 is 27.5 Å². The van der Waals surface area contributed by atoms with E-state index in [1.54, 1.807) is 12.1 Å². The fraction of sp³-hybridized carbons (Fsp3) is 0.630. The summed E-state index contributed by atoms with van der Waals surface area (Å²) < 4.78 is 47.7. The van der Waals surface area contributed by atoms with Crippen molar-refractivity contribution in [3.63, 3.8) is 0 Å². The molecule has 0 spiro atoms. The van der Waals surface area contributed by atoms with Crippen molar-refractivity contribution in [1.82, 2.24) is 15.5 Å². The van der Waals surface area contributed by atoms with Crippen molar-refractivity contribution in [2.45, 2.75) is 95.0 Å². The molecule has 196 valence electrons. The molecule has 0 radical (unpaired) electrons. The molecule has 3 atom stereocenters. The molecule has 3 heterocycles. The number of benzene rings is 1. The molecule has 4 aliphatic rings. The molecule has 1 saturated carbocycles. The lowest BCUT2D eigenvalue weighted by Crippen LogP contribution is -2.50. The quantitative estimate of drug-likeness (QED) is 0.612. The summed E-state index contributed by atoms with van der Waals surface area (Å²) >= 11 is 0. The molecule has 1 unspecified atom stereocenters. The number of rotatable bonds is 6. The molecule has 0 bridgehead atoms. The van der Waals surface area contributed by atoms with E-state index in [0.29, 0.717) is 73.9 Å². The highest BCUT2D eigenvalue weighted by Crippen LogP contribution is 2.33. The molecule has 1 aliphatic carbocycles. The Morgan fingerprint density at radius 3 is 2.64 bits per heavy atom. The number of alkyl halides is 2. The summed E-state index contributed by atoms with van der Waals surface area (Å²) in [4.78, 5) is 26.9. The number of allylic oxidation sites excluding steroid dienone is 1. The molecule has 36 heavy (non-hydrogen) atoms. The average molecular weight is 506 g/mol. The number of fused-ring (bicyclic) bond motifs is 1. The molecule has 2 amide bonds. The maximum Gasteiger partial charge on any atom is 0.255 e. The second kappa shape index (κ2) is 10.5. The zero-order chi connectivity index (χ0) is 25.4. The van der Waals surface area contributed by atoms with Crippen molar-refractivity contribution in [1.29, 1.82) is 0 Å². The molecule has 2 N–H and O–H groups in total. The van der Waals surface area contributed by atoms with Gasteiger partial charge in [-0.1, -0.05) is 12.6 Å². The van der Waals surface area contributed by atoms with Gasteiger partial charge >= 0.3 is 0 Å². The maximum atomic E-state index is 15.7. The van der Waals surface area contributed by atoms with Crippen LogP contribution in [0.1, 0.15) is 72.9 Å². The van der Waals surface area contributed by atoms with Crippen molar-refractivity contribution in [2.24, 2.45) is 5.92 Å². The van der Waals surface area contributed by atoms with E-state index in [1.807, 2.05) is 0 Å². The van der Waals surface area contributed by atoms with Crippen LogP contribution in [0.4, 0.5) is 13.2 Å². The number of carbonyl (C=O) groups excluding carboxylic acids is 2. The van der Waals surface area contributed by atoms with Gasteiger partial charge < -0.3 is 20.3 Å². The molecule has 0 aromatic heterocycles. The van der Waals surface area contributed by atoms with Gasteiger partial charge in [0.15, 0.2) is 0 Å². The fourth-order valence-electron chi connectivity index (χ4n) is 6.18. The Morgan fingerprint density at radius 2 is 1.92 bits per heavy atom. The van der Waals surface area contributed by atoms with Gasteiger partial charge in [0.25, 0.3) is 5.91 Å². The molecule has 2 saturated heterocycles. The number of nitrogens with zero attached hydrogens (tertiary/aromatic N) is 1. The van der Waals surface area contributed by atoms with E-state index in [1.165, 1.54) is 4.90 Å². The van der Waals surface area contributed by atoms with Crippen LogP contribution in [0.15, 0.2) is 24.4 Å². The van der Waals surface area contributed by atoms with Gasteiger partial charge in [-0.2, -0.15) is 0 Å². The molecule has 9 heteroatoms. The van der Waals surface area contributed by atoms with E-state index >= 15 is 4.39 Å². The Kier molecular flexibility index (Phi) is 7.40. The van der Waals surface area contributed by atoms with Gasteiger partial charge in [-0.05, 0) is 63.0 Å². The Morgan fingerprint density at radius 1 is 1.14 bits per heavy atom. The lowest BCUT2D eigenvalue weighted by atomic mass is 9.85. The minimum absolute atomic E-state index is 0.0247. The second-order valence-corrected chi connectivity index (χ2v) is 10.6. The second-order valence-electron chi connectivity index (χ2n) is 10.6. The summed E-state index contributed by atoms with van der Waals surface area (Å²) in [6.07, 6.45) is 3.18. The van der Waals surface area contributed by atoms with Gasteiger partial charge in [0, 0.05) is 47.9 Å². The van der Waals surface area contributed by atoms with Crippen molar-refractivity contribution in [2.75, 3.05) is 6.61 Å². The first-order chi connectivity index (χ1) is 17.3. The summed E-state index contributed by atoms with van der Waals surface area (Å²) in [7, 11) is 0. The monoisotopic (exact) mass is 505 g/mol. The minimum Gasteiger partial charge on any atom is -0.376 e. The number of hydrogen-bond acceptors (Lipinski definition) is 4. The highest BCUT2D eigenvalue weighted by Gasteiger charge is 2.40. The molecule has 3 aliphatic heterocycles. The molecule has 3 fully saturated rings. The van der Waals surface area contributed by atoms with Crippen LogP contribution < -0.4 is 10.6 Å². The summed E-state index contributed by atoms with van der Waals surface area (Å²) in [6, 6.07) is 2.88. The van der Waals surface area contributed by atoms with E-state index in [9.17, 15) is 18.4 Å². The normalized spacial score (nSPS) is 31.1. The summed E-state index contributed by atoms with van der Waals surface area (Å²) in [5.41, 5.74) is 1.76. The molecular weight excluding hydrogens is 471 g/mol. The Labute approximate surface area is 209 Å². The highest BCUT2D eigenvalue weighted by atomic mass is 19.3. The molecule has 1 aromatic rings. The van der Waals surface area contributed by atoms with Gasteiger partial charge in [0.2, 0.25) is 12.3 Å². The highest BCUT2D eigenvalue weighted by molar-refractivity contribution is 6.01. The van der Waals surface area contributed by atoms with Crippen molar-refractivity contribution in [3.05, 3.63) is 46.9 Å². The third kappa shape index (κ3) is 5.05. The number of amides is 2. The smallest absolute Gasteiger partial charge is 0.255 e. The van der Waals surface area contributed by atoms with Crippen LogP contribution in [0, 0.1) is 11.7 Å². The predicted molar refractivity (Wildman–Crippen MR) is 128 cm³/mol. The number of ether oxygens (including phenoxy) is 1. The zero-order valence-electron chi connectivity index (χ0n) is 20.4. The van der Waals surface area contributed by atoms with Gasteiger partial charge in [-0.15, -0.1) is 0 Å². The molecule has 5 rings (SSSR count). The largest absolute Gasteiger partial charge is 0.376 e. The fourth-order valence-corrected chi connectivity index (χ4v) is 6.18. The molecule has 1 aromatic carbocycles. The van der Waals surface area contributed by atoms with Gasteiger partial charge in [-0.25, -0.2) is 13.2 Å². The van der Waals surface area contributed by atoms with Crippen molar-refractivity contribution >= 4 is 11.8 Å². The van der Waals surface area contributed by atoms with Crippen LogP contribution in [-0.4, -0.2) is 54.0 Å². The number of hydrogen-bond donors (Lipinski definition) is 2. The predicted octanol–water partition coefficient (Wildman–Crippen LogP) is 4.08. The van der Waals surface area contributed by atoms with Gasteiger partial charge in [-0.3, -0.25) is 9.59 Å². The van der Waals surface area contributed by atoms with E-state index in [-0.39, 0.29) is 36.5 Å². The van der Waals surface area contributed by atoms with Gasteiger partial charge in [0.05, 0.1) is 12.6 Å². The third-order valence-electron chi connectivity index (χ3n) is 8.28. The number of nitrogens with one attached hydrogen (secondary N) is 2. The van der Waals surface area contributed by atoms with Crippen LogP contribution >= 0.6 is 0 Å². The minimum atomic E-state index is -2.26. The number of halogens is 3. The van der Waals surface area contributed by atoms with Crippen LogP contribution in [0.2, 0.25) is 0 Å². The van der Waals surface area contributed by atoms with Crippen molar-refractivity contribution in [3.8, 4) is 0 Å². The Balaban J connectivity index is 1.26. The maximum absolute atomic E-state index is 15.7. The van der Waals surface area contributed by atoms with E-state index in [4.69, 9.17) is 4.74 Å². The van der Waals surface area contributed by atoms with Crippen LogP contribution in [-0.2, 0) is 22.5 Å². The Bertz CT molecular complexity index is 1030. The SMILES string of the molecule is C=C1CCC(N2Cc3c(ccc(C[C@H]4OCCC[C@@H]4N[C@H]4CC[C@@H](C(F)F)CC4)c3F)C2=O)C(=O)N1. The lowest BCUT2D eigenvalue weighted by Gasteiger charge is -2.37. The summed E-state index contributed by atoms with van der Waals surface area (Å²) in [5, 5.41) is 6.32. The first-order valence-corrected chi connectivity index (χ1v) is 13.1. The standard InChI is InChI=1S/C27H34F3N3O3/c1-15-4-11-22(26(34)31-15)33-14-20-19(27(33)35)10-7-17(24(20)28)13-23-21(3-2-12-36-23)32-18-8-5-16(6-9-18)25(29)30/h7,10,16,18,21-23,25,32H,1-6,8-9,11-14H2,(H,31,34)/t16-,18+,21-,22?,23+/m0/s1. The summed E-state index contributed by atoms with van der Waals surface area (Å²) in [5.74, 6) is -1.52. The molecular formula is C27H34F3N3O3. The van der Waals surface area contributed by atoms with E-state index in [0.717, 1.165) is 12.8 Å². The zero-order valence-corrected chi connectivity index (χ0v) is 20.4. The topological polar surface area (TPSA) is 70.7 Å². The first-order valence-electron chi connectivity index (χ1n) is 13.1. The number of carbonyl (C=O) groups is 2.